The van der Waals surface area contributed by atoms with Crippen molar-refractivity contribution in [2.75, 3.05) is 13.1 Å². The SMILES string of the molecule is BC(B)(c1cncc(Br)c1)N1CCCCC1. The topological polar surface area (TPSA) is 16.1 Å². The van der Waals surface area contributed by atoms with Crippen LogP contribution in [-0.2, 0) is 5.34 Å². The Morgan fingerprint density at radius 2 is 1.88 bits per heavy atom. The zero-order chi connectivity index (χ0) is 11.6. The number of aromatic nitrogens is 1. The summed E-state index contributed by atoms with van der Waals surface area (Å²) < 4.78 is 1.06. The van der Waals surface area contributed by atoms with E-state index in [-0.39, 0.29) is 5.34 Å². The van der Waals surface area contributed by atoms with Crippen molar-refractivity contribution in [3.05, 3.63) is 28.5 Å². The van der Waals surface area contributed by atoms with Gasteiger partial charge in [0.1, 0.15) is 15.7 Å². The maximum absolute atomic E-state index is 4.27. The minimum atomic E-state index is 0.0944. The smallest absolute Gasteiger partial charge is 0.122 e. The van der Waals surface area contributed by atoms with E-state index >= 15 is 0 Å². The first-order chi connectivity index (χ1) is 7.60. The first-order valence-corrected chi connectivity index (χ1v) is 6.76. The Kier molecular flexibility index (Phi) is 3.75. The summed E-state index contributed by atoms with van der Waals surface area (Å²) in [7, 11) is 4.59. The largest absolute Gasteiger partial charge is 0.309 e. The Bertz CT molecular complexity index is 365. The second-order valence-corrected chi connectivity index (χ2v) is 5.91. The second-order valence-electron chi connectivity index (χ2n) is 5.00. The number of halogens is 1. The Labute approximate surface area is 108 Å². The van der Waals surface area contributed by atoms with E-state index in [0.717, 1.165) is 4.47 Å². The van der Waals surface area contributed by atoms with Crippen molar-refractivity contribution in [1.82, 2.24) is 9.88 Å². The summed E-state index contributed by atoms with van der Waals surface area (Å²) in [6, 6.07) is 2.18. The number of pyridine rings is 1. The van der Waals surface area contributed by atoms with E-state index in [1.165, 1.54) is 37.9 Å². The fourth-order valence-electron chi connectivity index (χ4n) is 2.38. The molecule has 5 heteroatoms. The fraction of sp³-hybridized carbons (Fsp3) is 0.545. The highest BCUT2D eigenvalue weighted by Gasteiger charge is 2.29. The minimum absolute atomic E-state index is 0.0944. The van der Waals surface area contributed by atoms with Crippen molar-refractivity contribution in [2.24, 2.45) is 0 Å². The van der Waals surface area contributed by atoms with Crippen LogP contribution in [0, 0.1) is 0 Å². The van der Waals surface area contributed by atoms with Crippen LogP contribution in [0.5, 0.6) is 0 Å². The molecule has 0 aromatic carbocycles. The van der Waals surface area contributed by atoms with Gasteiger partial charge >= 0.3 is 0 Å². The summed E-state index contributed by atoms with van der Waals surface area (Å²) in [5, 5.41) is 0.0944. The third kappa shape index (κ3) is 2.51. The van der Waals surface area contributed by atoms with Gasteiger partial charge in [0.25, 0.3) is 0 Å². The molecule has 0 spiro atoms. The summed E-state index contributed by atoms with van der Waals surface area (Å²) in [5.74, 6) is 0. The van der Waals surface area contributed by atoms with Crippen molar-refractivity contribution in [3.63, 3.8) is 0 Å². The van der Waals surface area contributed by atoms with Crippen molar-refractivity contribution < 1.29 is 0 Å². The lowest BCUT2D eigenvalue weighted by molar-refractivity contribution is 0.184. The predicted octanol–water partition coefficient (Wildman–Crippen LogP) is 0.706. The molecule has 0 atom stereocenters. The molecular formula is C11H17B2BrN2. The number of piperidine rings is 1. The second kappa shape index (κ2) is 4.92. The summed E-state index contributed by atoms with van der Waals surface area (Å²) in [6.07, 6.45) is 7.86. The number of likely N-dealkylation sites (tertiary alicyclic amines) is 1. The molecule has 0 aliphatic carbocycles. The maximum Gasteiger partial charge on any atom is 0.122 e. The Balaban J connectivity index is 2.22. The normalized spacial score (nSPS) is 18.6. The van der Waals surface area contributed by atoms with Gasteiger partial charge in [-0.3, -0.25) is 4.98 Å². The molecule has 0 bridgehead atoms. The molecule has 2 heterocycles. The van der Waals surface area contributed by atoms with Crippen LogP contribution in [0.2, 0.25) is 0 Å². The Hall–Kier alpha value is -0.280. The van der Waals surface area contributed by atoms with Crippen LogP contribution in [0.25, 0.3) is 0 Å². The lowest BCUT2D eigenvalue weighted by atomic mass is 9.57. The predicted molar refractivity (Wildman–Crippen MR) is 76.1 cm³/mol. The van der Waals surface area contributed by atoms with Gasteiger partial charge in [-0.05, 0) is 58.8 Å². The molecule has 1 aromatic rings. The molecule has 1 fully saturated rings. The summed E-state index contributed by atoms with van der Waals surface area (Å²) in [6.45, 7) is 2.42. The Morgan fingerprint density at radius 3 is 2.50 bits per heavy atom. The van der Waals surface area contributed by atoms with E-state index in [9.17, 15) is 0 Å². The molecule has 1 aromatic heterocycles. The van der Waals surface area contributed by atoms with Gasteiger partial charge in [-0.25, -0.2) is 0 Å². The molecule has 0 amide bonds. The number of rotatable bonds is 2. The fourth-order valence-corrected chi connectivity index (χ4v) is 2.75. The first-order valence-electron chi connectivity index (χ1n) is 5.97. The summed E-state index contributed by atoms with van der Waals surface area (Å²) in [4.78, 5) is 6.84. The summed E-state index contributed by atoms with van der Waals surface area (Å²) in [5.41, 5.74) is 1.30. The minimum Gasteiger partial charge on any atom is -0.309 e. The average molecular weight is 279 g/mol. The van der Waals surface area contributed by atoms with E-state index in [0.29, 0.717) is 0 Å². The number of hydrogen-bond acceptors (Lipinski definition) is 2. The molecular weight excluding hydrogens is 262 g/mol. The lowest BCUT2D eigenvalue weighted by Crippen LogP contribution is -2.49. The third-order valence-corrected chi connectivity index (χ3v) is 3.99. The van der Waals surface area contributed by atoms with Crippen molar-refractivity contribution in [2.45, 2.75) is 24.6 Å². The van der Waals surface area contributed by atoms with E-state index < -0.39 is 0 Å². The maximum atomic E-state index is 4.27. The van der Waals surface area contributed by atoms with Crippen molar-refractivity contribution in [3.8, 4) is 0 Å². The van der Waals surface area contributed by atoms with Crippen LogP contribution in [0.1, 0.15) is 24.8 Å². The van der Waals surface area contributed by atoms with Crippen molar-refractivity contribution >= 4 is 31.6 Å². The molecule has 1 saturated heterocycles. The van der Waals surface area contributed by atoms with E-state index in [1.807, 2.05) is 12.4 Å². The van der Waals surface area contributed by atoms with Crippen LogP contribution in [0.3, 0.4) is 0 Å². The molecule has 1 aliphatic heterocycles. The van der Waals surface area contributed by atoms with E-state index in [1.54, 1.807) is 0 Å². The van der Waals surface area contributed by atoms with Gasteiger partial charge in [0.05, 0.1) is 0 Å². The molecule has 0 saturated carbocycles. The van der Waals surface area contributed by atoms with Crippen LogP contribution in [-0.4, -0.2) is 38.7 Å². The molecule has 0 N–H and O–H groups in total. The number of nitrogens with zero attached hydrogens (tertiary/aromatic N) is 2. The third-order valence-electron chi connectivity index (χ3n) is 3.56. The van der Waals surface area contributed by atoms with Crippen LogP contribution in [0.4, 0.5) is 0 Å². The van der Waals surface area contributed by atoms with Gasteiger partial charge in [-0.1, -0.05) is 6.42 Å². The van der Waals surface area contributed by atoms with Crippen molar-refractivity contribution in [1.29, 1.82) is 0 Å². The zero-order valence-corrected chi connectivity index (χ0v) is 11.6. The van der Waals surface area contributed by atoms with E-state index in [2.05, 4.69) is 47.6 Å². The summed E-state index contributed by atoms with van der Waals surface area (Å²) >= 11 is 3.50. The molecule has 2 rings (SSSR count). The van der Waals surface area contributed by atoms with Gasteiger partial charge in [0, 0.05) is 16.9 Å². The zero-order valence-electron chi connectivity index (χ0n) is 10.0. The van der Waals surface area contributed by atoms with Gasteiger partial charge in [0.2, 0.25) is 0 Å². The van der Waals surface area contributed by atoms with Crippen LogP contribution >= 0.6 is 15.9 Å². The lowest BCUT2D eigenvalue weighted by Gasteiger charge is -2.41. The van der Waals surface area contributed by atoms with Crippen LogP contribution < -0.4 is 0 Å². The molecule has 1 aliphatic rings. The van der Waals surface area contributed by atoms with E-state index in [4.69, 9.17) is 0 Å². The number of hydrogen-bond donors (Lipinski definition) is 0. The highest BCUT2D eigenvalue weighted by molar-refractivity contribution is 9.10. The molecule has 2 nitrogen and oxygen atoms in total. The van der Waals surface area contributed by atoms with Gasteiger partial charge < -0.3 is 4.90 Å². The Morgan fingerprint density at radius 1 is 1.19 bits per heavy atom. The highest BCUT2D eigenvalue weighted by Crippen LogP contribution is 2.26. The first kappa shape index (κ1) is 12.2. The quantitative estimate of drug-likeness (QED) is 0.741. The average Bonchev–Trinajstić information content (AvgIpc) is 2.30. The molecule has 16 heavy (non-hydrogen) atoms. The van der Waals surface area contributed by atoms with Gasteiger partial charge in [-0.2, -0.15) is 0 Å². The molecule has 84 valence electrons. The molecule has 0 unspecified atom stereocenters. The monoisotopic (exact) mass is 278 g/mol. The van der Waals surface area contributed by atoms with Gasteiger partial charge in [-0.15, -0.1) is 0 Å². The standard InChI is InChI=1S/C11H17B2BrN2/c12-11(13,16-4-2-1-3-5-16)9-6-10(14)8-15-7-9/h6-8H,1-5,12-13H2. The molecule has 0 radical (unpaired) electrons. The van der Waals surface area contributed by atoms with Crippen LogP contribution in [0.15, 0.2) is 22.9 Å². The van der Waals surface area contributed by atoms with Gasteiger partial charge in [0.15, 0.2) is 0 Å². The highest BCUT2D eigenvalue weighted by atomic mass is 79.9.